The lowest BCUT2D eigenvalue weighted by Crippen LogP contribution is -2.34. The Hall–Kier alpha value is -1.16. The van der Waals surface area contributed by atoms with Gasteiger partial charge < -0.3 is 10.2 Å². The number of piperidine rings is 1. The number of nitrogens with zero attached hydrogens (tertiary/aromatic N) is 3. The zero-order valence-corrected chi connectivity index (χ0v) is 11.1. The van der Waals surface area contributed by atoms with Crippen LogP contribution in [0.3, 0.4) is 0 Å². The van der Waals surface area contributed by atoms with Crippen LogP contribution in [0.5, 0.6) is 0 Å². The molecule has 1 N–H and O–H groups in total. The highest BCUT2D eigenvalue weighted by molar-refractivity contribution is 5.31. The van der Waals surface area contributed by atoms with Crippen LogP contribution in [0.4, 0.5) is 5.82 Å². The standard InChI is InChI=1S/C14H22N4/c1-15-14-9-16-8-13(17-14)12-4-6-18(7-5-12)10-11-2-3-11/h8-9,11-12H,2-7,10H2,1H3,(H,15,17). The predicted molar refractivity (Wildman–Crippen MR) is 72.7 cm³/mol. The average Bonchev–Trinajstić information content (AvgIpc) is 3.24. The fraction of sp³-hybridized carbons (Fsp3) is 0.714. The number of hydrogen-bond donors (Lipinski definition) is 1. The van der Waals surface area contributed by atoms with E-state index in [0.717, 1.165) is 17.4 Å². The van der Waals surface area contributed by atoms with E-state index in [9.17, 15) is 0 Å². The number of likely N-dealkylation sites (tertiary alicyclic amines) is 1. The molecule has 0 unspecified atom stereocenters. The van der Waals surface area contributed by atoms with E-state index >= 15 is 0 Å². The van der Waals surface area contributed by atoms with Crippen molar-refractivity contribution in [2.24, 2.45) is 5.92 Å². The zero-order valence-electron chi connectivity index (χ0n) is 11.1. The first-order valence-corrected chi connectivity index (χ1v) is 7.07. The van der Waals surface area contributed by atoms with Gasteiger partial charge in [0.25, 0.3) is 0 Å². The molecule has 1 aromatic heterocycles. The first kappa shape index (κ1) is 11.9. The van der Waals surface area contributed by atoms with Gasteiger partial charge >= 0.3 is 0 Å². The maximum Gasteiger partial charge on any atom is 0.144 e. The summed E-state index contributed by atoms with van der Waals surface area (Å²) >= 11 is 0. The van der Waals surface area contributed by atoms with E-state index in [0.29, 0.717) is 5.92 Å². The maximum absolute atomic E-state index is 4.62. The second kappa shape index (κ2) is 5.22. The zero-order chi connectivity index (χ0) is 12.4. The fourth-order valence-corrected chi connectivity index (χ4v) is 2.78. The monoisotopic (exact) mass is 246 g/mol. The Morgan fingerprint density at radius 1 is 1.22 bits per heavy atom. The Bertz CT molecular complexity index is 395. The summed E-state index contributed by atoms with van der Waals surface area (Å²) in [7, 11) is 1.89. The maximum atomic E-state index is 4.62. The quantitative estimate of drug-likeness (QED) is 0.883. The van der Waals surface area contributed by atoms with Crippen LogP contribution in [0, 0.1) is 5.92 Å². The van der Waals surface area contributed by atoms with E-state index in [1.54, 1.807) is 6.20 Å². The second-order valence-electron chi connectivity index (χ2n) is 5.60. The van der Waals surface area contributed by atoms with Crippen molar-refractivity contribution in [1.29, 1.82) is 0 Å². The Morgan fingerprint density at radius 3 is 2.67 bits per heavy atom. The van der Waals surface area contributed by atoms with Gasteiger partial charge in [-0.25, -0.2) is 4.98 Å². The van der Waals surface area contributed by atoms with E-state index in [1.165, 1.54) is 45.3 Å². The van der Waals surface area contributed by atoms with Crippen LogP contribution < -0.4 is 5.32 Å². The molecule has 1 aliphatic heterocycles. The van der Waals surface area contributed by atoms with Gasteiger partial charge in [0.1, 0.15) is 5.82 Å². The van der Waals surface area contributed by atoms with Crippen molar-refractivity contribution in [3.05, 3.63) is 18.1 Å². The summed E-state index contributed by atoms with van der Waals surface area (Å²) in [6, 6.07) is 0. The number of anilines is 1. The van der Waals surface area contributed by atoms with Gasteiger partial charge in [-0.05, 0) is 44.7 Å². The highest BCUT2D eigenvalue weighted by atomic mass is 15.1. The van der Waals surface area contributed by atoms with E-state index in [1.807, 2.05) is 13.2 Å². The molecule has 3 rings (SSSR count). The van der Waals surface area contributed by atoms with Gasteiger partial charge in [0.15, 0.2) is 0 Å². The third-order valence-electron chi connectivity index (χ3n) is 4.13. The Kier molecular flexibility index (Phi) is 3.46. The molecule has 1 saturated heterocycles. The van der Waals surface area contributed by atoms with Crippen molar-refractivity contribution >= 4 is 5.82 Å². The van der Waals surface area contributed by atoms with Gasteiger partial charge in [-0.3, -0.25) is 4.98 Å². The SMILES string of the molecule is CNc1cncc(C2CCN(CC3CC3)CC2)n1. The Labute approximate surface area is 109 Å². The Morgan fingerprint density at radius 2 is 2.00 bits per heavy atom. The van der Waals surface area contributed by atoms with Crippen molar-refractivity contribution in [2.75, 3.05) is 32.0 Å². The molecule has 4 nitrogen and oxygen atoms in total. The molecule has 0 bridgehead atoms. The van der Waals surface area contributed by atoms with Crippen molar-refractivity contribution < 1.29 is 0 Å². The largest absolute Gasteiger partial charge is 0.372 e. The second-order valence-corrected chi connectivity index (χ2v) is 5.60. The van der Waals surface area contributed by atoms with Crippen LogP contribution in [0.15, 0.2) is 12.4 Å². The molecule has 2 fully saturated rings. The summed E-state index contributed by atoms with van der Waals surface area (Å²) in [6.45, 7) is 3.79. The summed E-state index contributed by atoms with van der Waals surface area (Å²) < 4.78 is 0. The normalized spacial score (nSPS) is 22.1. The highest BCUT2D eigenvalue weighted by Crippen LogP contribution is 2.32. The van der Waals surface area contributed by atoms with Crippen LogP contribution in [-0.2, 0) is 0 Å². The Balaban J connectivity index is 1.57. The van der Waals surface area contributed by atoms with E-state index in [2.05, 4.69) is 20.2 Å². The van der Waals surface area contributed by atoms with Gasteiger partial charge in [0.05, 0.1) is 11.9 Å². The molecule has 0 amide bonds. The highest BCUT2D eigenvalue weighted by Gasteiger charge is 2.27. The minimum absolute atomic E-state index is 0.598. The van der Waals surface area contributed by atoms with Crippen LogP contribution in [0.2, 0.25) is 0 Å². The van der Waals surface area contributed by atoms with Crippen molar-refractivity contribution in [2.45, 2.75) is 31.6 Å². The first-order chi connectivity index (χ1) is 8.85. The molecule has 0 atom stereocenters. The molecule has 98 valence electrons. The smallest absolute Gasteiger partial charge is 0.144 e. The van der Waals surface area contributed by atoms with Gasteiger partial charge in [0, 0.05) is 25.7 Å². The number of hydrogen-bond acceptors (Lipinski definition) is 4. The molecule has 0 aromatic carbocycles. The lowest BCUT2D eigenvalue weighted by Gasteiger charge is -2.31. The number of aromatic nitrogens is 2. The molecule has 1 aliphatic carbocycles. The molecule has 18 heavy (non-hydrogen) atoms. The summed E-state index contributed by atoms with van der Waals surface area (Å²) in [4.78, 5) is 11.5. The third kappa shape index (κ3) is 2.80. The van der Waals surface area contributed by atoms with Gasteiger partial charge in [-0.1, -0.05) is 0 Å². The van der Waals surface area contributed by atoms with Gasteiger partial charge in [-0.15, -0.1) is 0 Å². The molecule has 4 heteroatoms. The molecular weight excluding hydrogens is 224 g/mol. The van der Waals surface area contributed by atoms with Gasteiger partial charge in [-0.2, -0.15) is 0 Å². The summed E-state index contributed by atoms with van der Waals surface area (Å²) in [6.07, 6.45) is 9.09. The molecule has 0 spiro atoms. The predicted octanol–water partition coefficient (Wildman–Crippen LogP) is 2.11. The number of rotatable bonds is 4. The minimum atomic E-state index is 0.598. The molecule has 2 heterocycles. The minimum Gasteiger partial charge on any atom is -0.372 e. The van der Waals surface area contributed by atoms with Crippen molar-refractivity contribution in [3.8, 4) is 0 Å². The van der Waals surface area contributed by atoms with Crippen LogP contribution in [-0.4, -0.2) is 41.5 Å². The fourth-order valence-electron chi connectivity index (χ4n) is 2.78. The summed E-state index contributed by atoms with van der Waals surface area (Å²) in [5.41, 5.74) is 1.16. The first-order valence-electron chi connectivity index (χ1n) is 7.07. The summed E-state index contributed by atoms with van der Waals surface area (Å²) in [5.74, 6) is 2.49. The lowest BCUT2D eigenvalue weighted by molar-refractivity contribution is 0.203. The van der Waals surface area contributed by atoms with Crippen LogP contribution >= 0.6 is 0 Å². The molecule has 1 aromatic rings. The number of nitrogens with one attached hydrogen (secondary N) is 1. The molecule has 0 radical (unpaired) electrons. The van der Waals surface area contributed by atoms with Crippen molar-refractivity contribution in [1.82, 2.24) is 14.9 Å². The third-order valence-corrected chi connectivity index (χ3v) is 4.13. The van der Waals surface area contributed by atoms with Crippen LogP contribution in [0.1, 0.15) is 37.3 Å². The average molecular weight is 246 g/mol. The van der Waals surface area contributed by atoms with Gasteiger partial charge in [0.2, 0.25) is 0 Å². The molecule has 1 saturated carbocycles. The van der Waals surface area contributed by atoms with E-state index in [4.69, 9.17) is 0 Å². The van der Waals surface area contributed by atoms with Crippen LogP contribution in [0.25, 0.3) is 0 Å². The molecular formula is C14H22N4. The molecule has 2 aliphatic rings. The van der Waals surface area contributed by atoms with E-state index < -0.39 is 0 Å². The van der Waals surface area contributed by atoms with E-state index in [-0.39, 0.29) is 0 Å². The lowest BCUT2D eigenvalue weighted by atomic mass is 9.93. The topological polar surface area (TPSA) is 41.1 Å². The summed E-state index contributed by atoms with van der Waals surface area (Å²) in [5, 5.41) is 3.07. The van der Waals surface area contributed by atoms with Crippen molar-refractivity contribution in [3.63, 3.8) is 0 Å².